The van der Waals surface area contributed by atoms with E-state index in [2.05, 4.69) is 4.72 Å². The molecule has 0 heterocycles. The van der Waals surface area contributed by atoms with Gasteiger partial charge >= 0.3 is 0 Å². The van der Waals surface area contributed by atoms with E-state index < -0.39 is 10.0 Å². The first kappa shape index (κ1) is 20.1. The molecule has 140 valence electrons. The maximum absolute atomic E-state index is 13.6. The van der Waals surface area contributed by atoms with Crippen LogP contribution in [0.2, 0.25) is 0 Å². The van der Waals surface area contributed by atoms with Gasteiger partial charge in [0, 0.05) is 25.2 Å². The van der Waals surface area contributed by atoms with Crippen molar-refractivity contribution in [2.45, 2.75) is 25.2 Å². The number of halogens is 1. The van der Waals surface area contributed by atoms with E-state index >= 15 is 0 Å². The molecule has 0 saturated heterocycles. The lowest BCUT2D eigenvalue weighted by atomic mass is 10.1. The van der Waals surface area contributed by atoms with Crippen LogP contribution in [0.1, 0.15) is 29.8 Å². The minimum Gasteiger partial charge on any atom is -0.339 e. The van der Waals surface area contributed by atoms with Gasteiger partial charge in [-0.05, 0) is 56.2 Å². The Kier molecular flexibility index (Phi) is 6.88. The quantitative estimate of drug-likeness (QED) is 0.768. The lowest BCUT2D eigenvalue weighted by molar-refractivity contribution is 0.0773. The minimum absolute atomic E-state index is 0.0714. The van der Waals surface area contributed by atoms with Crippen LogP contribution in [0.3, 0.4) is 0 Å². The third kappa shape index (κ3) is 4.89. The van der Waals surface area contributed by atoms with E-state index in [1.54, 1.807) is 23.1 Å². The summed E-state index contributed by atoms with van der Waals surface area (Å²) in [4.78, 5) is 14.0. The number of benzene rings is 2. The van der Waals surface area contributed by atoms with Crippen molar-refractivity contribution >= 4 is 15.9 Å². The standard InChI is InChI=1S/C19H23FN2O3S/c1-3-22(4-2)19(23)16-9-11-17(12-10-16)26(24,25)21-14-13-15-7-5-6-8-18(15)20/h5-12,21H,3-4,13-14H2,1-2H3. The van der Waals surface area contributed by atoms with Crippen molar-refractivity contribution in [2.75, 3.05) is 19.6 Å². The molecule has 0 fully saturated rings. The number of carbonyl (C=O) groups excluding carboxylic acids is 1. The van der Waals surface area contributed by atoms with Crippen LogP contribution in [-0.4, -0.2) is 38.9 Å². The van der Waals surface area contributed by atoms with E-state index in [0.717, 1.165) is 0 Å². The van der Waals surface area contributed by atoms with Gasteiger partial charge in [0.25, 0.3) is 5.91 Å². The summed E-state index contributed by atoms with van der Waals surface area (Å²) in [5, 5.41) is 0. The van der Waals surface area contributed by atoms with E-state index in [0.29, 0.717) is 24.2 Å². The van der Waals surface area contributed by atoms with Gasteiger partial charge < -0.3 is 4.90 Å². The van der Waals surface area contributed by atoms with Crippen molar-refractivity contribution < 1.29 is 17.6 Å². The smallest absolute Gasteiger partial charge is 0.253 e. The third-order valence-corrected chi connectivity index (χ3v) is 5.58. The first-order valence-corrected chi connectivity index (χ1v) is 9.99. The number of hydrogen-bond donors (Lipinski definition) is 1. The summed E-state index contributed by atoms with van der Waals surface area (Å²) in [6.45, 7) is 5.04. The highest BCUT2D eigenvalue weighted by molar-refractivity contribution is 7.89. The average molecular weight is 378 g/mol. The molecule has 1 amide bonds. The summed E-state index contributed by atoms with van der Waals surface area (Å²) >= 11 is 0. The van der Waals surface area contributed by atoms with E-state index in [9.17, 15) is 17.6 Å². The van der Waals surface area contributed by atoms with Crippen molar-refractivity contribution in [2.24, 2.45) is 0 Å². The van der Waals surface area contributed by atoms with Crippen LogP contribution in [0.15, 0.2) is 53.4 Å². The Morgan fingerprint density at radius 2 is 1.65 bits per heavy atom. The van der Waals surface area contributed by atoms with Gasteiger partial charge in [-0.2, -0.15) is 0 Å². The molecular weight excluding hydrogens is 355 g/mol. The van der Waals surface area contributed by atoms with Gasteiger partial charge in [-0.3, -0.25) is 4.79 Å². The number of amides is 1. The van der Waals surface area contributed by atoms with Crippen molar-refractivity contribution in [3.8, 4) is 0 Å². The van der Waals surface area contributed by atoms with E-state index in [1.807, 2.05) is 13.8 Å². The summed E-state index contributed by atoms with van der Waals surface area (Å²) in [6.07, 6.45) is 0.254. The van der Waals surface area contributed by atoms with E-state index in [-0.39, 0.29) is 29.6 Å². The number of rotatable bonds is 8. The fraction of sp³-hybridized carbons (Fsp3) is 0.316. The van der Waals surface area contributed by atoms with Gasteiger partial charge in [-0.25, -0.2) is 17.5 Å². The Balaban J connectivity index is 2.02. The van der Waals surface area contributed by atoms with Crippen LogP contribution in [0.5, 0.6) is 0 Å². The molecular formula is C19H23FN2O3S. The molecule has 0 radical (unpaired) electrons. The van der Waals surface area contributed by atoms with Crippen molar-refractivity contribution in [1.29, 1.82) is 0 Å². The Hall–Kier alpha value is -2.25. The first-order chi connectivity index (χ1) is 12.4. The molecule has 26 heavy (non-hydrogen) atoms. The van der Waals surface area contributed by atoms with Crippen LogP contribution in [0.25, 0.3) is 0 Å². The zero-order valence-corrected chi connectivity index (χ0v) is 15.7. The average Bonchev–Trinajstić information content (AvgIpc) is 2.64. The second-order valence-corrected chi connectivity index (χ2v) is 7.51. The maximum Gasteiger partial charge on any atom is 0.253 e. The lowest BCUT2D eigenvalue weighted by Gasteiger charge is -2.18. The molecule has 0 atom stereocenters. The molecule has 0 aliphatic rings. The number of nitrogens with one attached hydrogen (secondary N) is 1. The number of carbonyl (C=O) groups is 1. The number of nitrogens with zero attached hydrogens (tertiary/aromatic N) is 1. The van der Waals surface area contributed by atoms with Gasteiger partial charge in [0.15, 0.2) is 0 Å². The third-order valence-electron chi connectivity index (χ3n) is 4.11. The van der Waals surface area contributed by atoms with Crippen LogP contribution in [0, 0.1) is 5.82 Å². The maximum atomic E-state index is 13.6. The molecule has 5 nitrogen and oxygen atoms in total. The molecule has 2 rings (SSSR count). The predicted octanol–water partition coefficient (Wildman–Crippen LogP) is 2.83. The molecule has 2 aromatic carbocycles. The Morgan fingerprint density at radius 1 is 1.04 bits per heavy atom. The normalized spacial score (nSPS) is 11.3. The fourth-order valence-corrected chi connectivity index (χ4v) is 3.61. The number of hydrogen-bond acceptors (Lipinski definition) is 3. The minimum atomic E-state index is -3.71. The SMILES string of the molecule is CCN(CC)C(=O)c1ccc(S(=O)(=O)NCCc2ccccc2F)cc1. The van der Waals surface area contributed by atoms with Gasteiger partial charge in [-0.15, -0.1) is 0 Å². The van der Waals surface area contributed by atoms with Gasteiger partial charge in [0.2, 0.25) is 10.0 Å². The monoisotopic (exact) mass is 378 g/mol. The first-order valence-electron chi connectivity index (χ1n) is 8.51. The summed E-state index contributed by atoms with van der Waals surface area (Å²) in [5.41, 5.74) is 0.898. The highest BCUT2D eigenvalue weighted by atomic mass is 32.2. The summed E-state index contributed by atoms with van der Waals surface area (Å²) in [5.74, 6) is -0.488. The largest absolute Gasteiger partial charge is 0.339 e. The van der Waals surface area contributed by atoms with Crippen LogP contribution >= 0.6 is 0 Å². The zero-order valence-electron chi connectivity index (χ0n) is 14.9. The molecule has 0 bridgehead atoms. The van der Waals surface area contributed by atoms with Gasteiger partial charge in [0.1, 0.15) is 5.82 Å². The second-order valence-electron chi connectivity index (χ2n) is 5.74. The zero-order chi connectivity index (χ0) is 19.2. The summed E-state index contributed by atoms with van der Waals surface area (Å²) in [6, 6.07) is 12.1. The summed E-state index contributed by atoms with van der Waals surface area (Å²) < 4.78 is 40.7. The highest BCUT2D eigenvalue weighted by Crippen LogP contribution is 2.13. The topological polar surface area (TPSA) is 66.5 Å². The molecule has 7 heteroatoms. The second kappa shape index (κ2) is 8.91. The summed E-state index contributed by atoms with van der Waals surface area (Å²) in [7, 11) is -3.71. The van der Waals surface area contributed by atoms with Crippen molar-refractivity contribution in [3.63, 3.8) is 0 Å². The molecule has 0 aliphatic carbocycles. The van der Waals surface area contributed by atoms with Crippen molar-refractivity contribution in [3.05, 3.63) is 65.5 Å². The molecule has 0 spiro atoms. The number of sulfonamides is 1. The lowest BCUT2D eigenvalue weighted by Crippen LogP contribution is -2.30. The molecule has 1 N–H and O–H groups in total. The fourth-order valence-electron chi connectivity index (χ4n) is 2.57. The van der Waals surface area contributed by atoms with E-state index in [4.69, 9.17) is 0 Å². The Labute approximate surface area is 153 Å². The molecule has 0 aliphatic heterocycles. The molecule has 0 saturated carbocycles. The van der Waals surface area contributed by atoms with Gasteiger partial charge in [0.05, 0.1) is 4.90 Å². The Bertz CT molecular complexity index is 847. The van der Waals surface area contributed by atoms with Crippen LogP contribution in [-0.2, 0) is 16.4 Å². The van der Waals surface area contributed by atoms with E-state index in [1.165, 1.54) is 30.3 Å². The van der Waals surface area contributed by atoms with Gasteiger partial charge in [-0.1, -0.05) is 18.2 Å². The Morgan fingerprint density at radius 3 is 2.23 bits per heavy atom. The molecule has 0 unspecified atom stereocenters. The van der Waals surface area contributed by atoms with Crippen molar-refractivity contribution in [1.82, 2.24) is 9.62 Å². The highest BCUT2D eigenvalue weighted by Gasteiger charge is 2.16. The van der Waals surface area contributed by atoms with Crippen LogP contribution in [0.4, 0.5) is 4.39 Å². The van der Waals surface area contributed by atoms with Crippen LogP contribution < -0.4 is 4.72 Å². The predicted molar refractivity (Wildman–Crippen MR) is 99.0 cm³/mol. The molecule has 0 aromatic heterocycles. The molecule has 2 aromatic rings.